The molecule has 138 valence electrons. The first-order valence-corrected chi connectivity index (χ1v) is 9.33. The lowest BCUT2D eigenvalue weighted by molar-refractivity contribution is 0.0951. The summed E-state index contributed by atoms with van der Waals surface area (Å²) >= 11 is 0. The number of amides is 1. The molecule has 1 aromatic heterocycles. The Kier molecular flexibility index (Phi) is 6.72. The van der Waals surface area contributed by atoms with Crippen LogP contribution in [0.1, 0.15) is 22.8 Å². The molecule has 1 heterocycles. The maximum absolute atomic E-state index is 12.6. The van der Waals surface area contributed by atoms with Crippen molar-refractivity contribution in [2.24, 2.45) is 0 Å². The lowest BCUT2D eigenvalue weighted by atomic mass is 10.1. The van der Waals surface area contributed by atoms with E-state index in [2.05, 4.69) is 46.4 Å². The Morgan fingerprint density at radius 3 is 2.78 bits per heavy atom. The van der Waals surface area contributed by atoms with Gasteiger partial charge in [0.2, 0.25) is 0 Å². The zero-order valence-corrected chi connectivity index (χ0v) is 15.6. The summed E-state index contributed by atoms with van der Waals surface area (Å²) in [5, 5.41) is 4.94. The van der Waals surface area contributed by atoms with Crippen molar-refractivity contribution in [3.05, 3.63) is 84.2 Å². The van der Waals surface area contributed by atoms with E-state index >= 15 is 0 Å². The summed E-state index contributed by atoms with van der Waals surface area (Å²) in [5.74, 6) is -0.0514. The molecule has 0 unspecified atom stereocenters. The van der Waals surface area contributed by atoms with E-state index in [4.69, 9.17) is 0 Å². The van der Waals surface area contributed by atoms with Gasteiger partial charge in [0.05, 0.1) is 0 Å². The van der Waals surface area contributed by atoms with Gasteiger partial charge in [-0.3, -0.25) is 14.7 Å². The summed E-state index contributed by atoms with van der Waals surface area (Å²) in [6, 6.07) is 17.9. The number of pyridine rings is 1. The number of hydrogen-bond acceptors (Lipinski definition) is 3. The van der Waals surface area contributed by atoms with Crippen LogP contribution in [-0.4, -0.2) is 42.0 Å². The number of hydrogen-bond donors (Lipinski definition) is 1. The number of rotatable bonds is 8. The van der Waals surface area contributed by atoms with E-state index < -0.39 is 0 Å². The summed E-state index contributed by atoms with van der Waals surface area (Å²) in [7, 11) is 0. The maximum atomic E-state index is 12.6. The number of aromatic nitrogens is 1. The minimum atomic E-state index is -0.0514. The van der Waals surface area contributed by atoms with Gasteiger partial charge in [-0.1, -0.05) is 61.5 Å². The third-order valence-corrected chi connectivity index (χ3v) is 4.56. The van der Waals surface area contributed by atoms with Gasteiger partial charge in [0.25, 0.3) is 5.91 Å². The SMILES string of the molecule is CCN(C/C=C/c1ccccc1)CCNC(=O)c1cccc2ccncc12. The van der Waals surface area contributed by atoms with E-state index in [9.17, 15) is 4.79 Å². The summed E-state index contributed by atoms with van der Waals surface area (Å²) in [5.41, 5.74) is 1.87. The van der Waals surface area contributed by atoms with Gasteiger partial charge in [0.1, 0.15) is 0 Å². The molecule has 0 aliphatic carbocycles. The van der Waals surface area contributed by atoms with Gasteiger partial charge in [-0.05, 0) is 29.6 Å². The molecule has 3 aromatic rings. The number of benzene rings is 2. The van der Waals surface area contributed by atoms with Crippen molar-refractivity contribution in [1.29, 1.82) is 0 Å². The normalized spacial score (nSPS) is 11.3. The van der Waals surface area contributed by atoms with Crippen LogP contribution in [0, 0.1) is 0 Å². The largest absolute Gasteiger partial charge is 0.351 e. The molecule has 0 spiro atoms. The van der Waals surface area contributed by atoms with E-state index in [1.54, 1.807) is 12.4 Å². The average Bonchev–Trinajstić information content (AvgIpc) is 2.73. The first-order chi connectivity index (χ1) is 13.3. The highest BCUT2D eigenvalue weighted by molar-refractivity contribution is 6.06. The number of nitrogens with one attached hydrogen (secondary N) is 1. The molecule has 2 aromatic carbocycles. The quantitative estimate of drug-likeness (QED) is 0.661. The minimum Gasteiger partial charge on any atom is -0.351 e. The second-order valence-electron chi connectivity index (χ2n) is 6.36. The Bertz CT molecular complexity index is 900. The van der Waals surface area contributed by atoms with Crippen molar-refractivity contribution < 1.29 is 4.79 Å². The van der Waals surface area contributed by atoms with Crippen molar-refractivity contribution >= 4 is 22.8 Å². The lowest BCUT2D eigenvalue weighted by Gasteiger charge is -2.18. The van der Waals surface area contributed by atoms with Crippen LogP contribution in [-0.2, 0) is 0 Å². The third kappa shape index (κ3) is 5.25. The monoisotopic (exact) mass is 359 g/mol. The fourth-order valence-corrected chi connectivity index (χ4v) is 3.01. The van der Waals surface area contributed by atoms with E-state index in [-0.39, 0.29) is 5.91 Å². The molecule has 3 rings (SSSR count). The molecular weight excluding hydrogens is 334 g/mol. The van der Waals surface area contributed by atoms with Crippen molar-refractivity contribution in [2.75, 3.05) is 26.2 Å². The van der Waals surface area contributed by atoms with Gasteiger partial charge in [-0.2, -0.15) is 0 Å². The zero-order chi connectivity index (χ0) is 18.9. The van der Waals surface area contributed by atoms with Gasteiger partial charge in [-0.25, -0.2) is 0 Å². The summed E-state index contributed by atoms with van der Waals surface area (Å²) in [6.07, 6.45) is 7.78. The number of carbonyl (C=O) groups is 1. The molecule has 0 saturated carbocycles. The molecule has 27 heavy (non-hydrogen) atoms. The van der Waals surface area contributed by atoms with Crippen molar-refractivity contribution in [1.82, 2.24) is 15.2 Å². The lowest BCUT2D eigenvalue weighted by Crippen LogP contribution is -2.35. The predicted octanol–water partition coefficient (Wildman–Crippen LogP) is 4.00. The molecule has 0 aliphatic rings. The Labute approximate surface area is 160 Å². The van der Waals surface area contributed by atoms with Crippen molar-refractivity contribution in [3.8, 4) is 0 Å². The van der Waals surface area contributed by atoms with Crippen LogP contribution in [0.5, 0.6) is 0 Å². The highest BCUT2D eigenvalue weighted by atomic mass is 16.1. The van der Waals surface area contributed by atoms with Gasteiger partial charge < -0.3 is 5.32 Å². The van der Waals surface area contributed by atoms with Crippen LogP contribution in [0.3, 0.4) is 0 Å². The molecule has 0 fully saturated rings. The maximum Gasteiger partial charge on any atom is 0.252 e. The first kappa shape index (κ1) is 18.8. The first-order valence-electron chi connectivity index (χ1n) is 9.33. The molecule has 0 atom stereocenters. The fraction of sp³-hybridized carbons (Fsp3) is 0.217. The second kappa shape index (κ2) is 9.64. The van der Waals surface area contributed by atoms with Gasteiger partial charge in [-0.15, -0.1) is 0 Å². The van der Waals surface area contributed by atoms with Crippen LogP contribution in [0.2, 0.25) is 0 Å². The number of fused-ring (bicyclic) bond motifs is 1. The average molecular weight is 359 g/mol. The van der Waals surface area contributed by atoms with Gasteiger partial charge >= 0.3 is 0 Å². The molecule has 4 heteroatoms. The smallest absolute Gasteiger partial charge is 0.252 e. The van der Waals surface area contributed by atoms with Crippen LogP contribution in [0.25, 0.3) is 16.8 Å². The topological polar surface area (TPSA) is 45.2 Å². The molecule has 0 saturated heterocycles. The van der Waals surface area contributed by atoms with Crippen molar-refractivity contribution in [2.45, 2.75) is 6.92 Å². The molecule has 1 N–H and O–H groups in total. The number of carbonyl (C=O) groups excluding carboxylic acids is 1. The van der Waals surface area contributed by atoms with E-state index in [0.717, 1.165) is 30.4 Å². The zero-order valence-electron chi connectivity index (χ0n) is 15.6. The summed E-state index contributed by atoms with van der Waals surface area (Å²) in [6.45, 7) is 5.36. The number of likely N-dealkylation sites (N-methyl/N-ethyl adjacent to an activating group) is 1. The van der Waals surface area contributed by atoms with E-state index in [1.165, 1.54) is 5.56 Å². The summed E-state index contributed by atoms with van der Waals surface area (Å²) < 4.78 is 0. The standard InChI is InChI=1S/C23H25N3O/c1-2-26(16-7-10-19-8-4-3-5-9-19)17-15-25-23(27)21-12-6-11-20-13-14-24-18-22(20)21/h3-14,18H,2,15-17H2,1H3,(H,25,27)/b10-7+. The third-order valence-electron chi connectivity index (χ3n) is 4.56. The van der Waals surface area contributed by atoms with Gasteiger partial charge in [0, 0.05) is 43.0 Å². The van der Waals surface area contributed by atoms with Crippen LogP contribution in [0.4, 0.5) is 0 Å². The Hall–Kier alpha value is -2.98. The highest BCUT2D eigenvalue weighted by Gasteiger charge is 2.10. The Morgan fingerprint density at radius 1 is 1.11 bits per heavy atom. The Balaban J connectivity index is 1.51. The Morgan fingerprint density at radius 2 is 1.96 bits per heavy atom. The van der Waals surface area contributed by atoms with Crippen molar-refractivity contribution in [3.63, 3.8) is 0 Å². The highest BCUT2D eigenvalue weighted by Crippen LogP contribution is 2.17. The predicted molar refractivity (Wildman–Crippen MR) is 112 cm³/mol. The number of nitrogens with zero attached hydrogens (tertiary/aromatic N) is 2. The molecular formula is C23H25N3O. The minimum absolute atomic E-state index is 0.0514. The van der Waals surface area contributed by atoms with E-state index in [0.29, 0.717) is 12.1 Å². The van der Waals surface area contributed by atoms with Crippen LogP contribution >= 0.6 is 0 Å². The summed E-state index contributed by atoms with van der Waals surface area (Å²) in [4.78, 5) is 19.0. The van der Waals surface area contributed by atoms with Gasteiger partial charge in [0.15, 0.2) is 0 Å². The van der Waals surface area contributed by atoms with Crippen LogP contribution in [0.15, 0.2) is 73.1 Å². The molecule has 0 bridgehead atoms. The second-order valence-corrected chi connectivity index (χ2v) is 6.36. The van der Waals surface area contributed by atoms with E-state index in [1.807, 2.05) is 42.5 Å². The molecule has 0 aliphatic heterocycles. The van der Waals surface area contributed by atoms with Crippen LogP contribution < -0.4 is 5.32 Å². The molecule has 0 radical (unpaired) electrons. The molecule has 1 amide bonds. The molecule has 4 nitrogen and oxygen atoms in total. The fourth-order valence-electron chi connectivity index (χ4n) is 3.01.